The molecule has 0 radical (unpaired) electrons. The maximum Gasteiger partial charge on any atom is 0.138 e. The first kappa shape index (κ1) is 15.5. The molecule has 0 fully saturated rings. The number of hydrogen-bond acceptors (Lipinski definition) is 4. The minimum Gasteiger partial charge on any atom is -0.339 e. The smallest absolute Gasteiger partial charge is 0.138 e. The van der Waals surface area contributed by atoms with Crippen LogP contribution < -0.4 is 10.2 Å². The van der Waals surface area contributed by atoms with Crippen LogP contribution in [-0.4, -0.2) is 16.5 Å². The van der Waals surface area contributed by atoms with Gasteiger partial charge in [-0.25, -0.2) is 9.97 Å². The van der Waals surface area contributed by atoms with Crippen molar-refractivity contribution in [2.45, 2.75) is 6.92 Å². The minimum absolute atomic E-state index is 0.760. The number of benzene rings is 2. The highest BCUT2D eigenvalue weighted by molar-refractivity contribution is 9.10. The van der Waals surface area contributed by atoms with Crippen molar-refractivity contribution in [2.24, 2.45) is 0 Å². The summed E-state index contributed by atoms with van der Waals surface area (Å²) >= 11 is 3.54. The lowest BCUT2D eigenvalue weighted by Crippen LogP contribution is -2.17. The monoisotopic (exact) mass is 368 g/mol. The van der Waals surface area contributed by atoms with Crippen molar-refractivity contribution in [3.05, 3.63) is 71.5 Å². The zero-order valence-corrected chi connectivity index (χ0v) is 14.4. The standard InChI is InChI=1S/C18H17BrN4/c1-2-23(14-8-4-3-5-9-14)18-12-17(20-13-21-18)22-16-11-7-6-10-15(16)19/h3-13H,2H2,1H3,(H,20,21,22). The summed E-state index contributed by atoms with van der Waals surface area (Å²) in [7, 11) is 0. The van der Waals surface area contributed by atoms with E-state index in [0.29, 0.717) is 0 Å². The molecule has 0 aliphatic heterocycles. The number of hydrogen-bond donors (Lipinski definition) is 1. The molecule has 0 atom stereocenters. The van der Waals surface area contributed by atoms with E-state index in [-0.39, 0.29) is 0 Å². The number of halogens is 1. The van der Waals surface area contributed by atoms with Gasteiger partial charge in [0.15, 0.2) is 0 Å². The van der Waals surface area contributed by atoms with Crippen molar-refractivity contribution >= 4 is 38.9 Å². The second-order valence-corrected chi connectivity index (χ2v) is 5.80. The van der Waals surface area contributed by atoms with Gasteiger partial charge in [-0.1, -0.05) is 30.3 Å². The van der Waals surface area contributed by atoms with Crippen molar-refractivity contribution in [3.63, 3.8) is 0 Å². The van der Waals surface area contributed by atoms with Gasteiger partial charge in [-0.15, -0.1) is 0 Å². The van der Waals surface area contributed by atoms with Crippen LogP contribution in [-0.2, 0) is 0 Å². The Morgan fingerprint density at radius 1 is 1.00 bits per heavy atom. The summed E-state index contributed by atoms with van der Waals surface area (Å²) in [4.78, 5) is 10.9. The summed E-state index contributed by atoms with van der Waals surface area (Å²) in [6, 6.07) is 20.1. The lowest BCUT2D eigenvalue weighted by atomic mass is 10.3. The molecule has 0 bridgehead atoms. The number of rotatable bonds is 5. The quantitative estimate of drug-likeness (QED) is 0.676. The molecule has 2 aromatic carbocycles. The highest BCUT2D eigenvalue weighted by atomic mass is 79.9. The summed E-state index contributed by atoms with van der Waals surface area (Å²) in [5.41, 5.74) is 2.08. The Kier molecular flexibility index (Phi) is 4.88. The van der Waals surface area contributed by atoms with Gasteiger partial charge in [0.2, 0.25) is 0 Å². The van der Waals surface area contributed by atoms with Crippen LogP contribution in [0.3, 0.4) is 0 Å². The third kappa shape index (κ3) is 3.68. The average molecular weight is 369 g/mol. The van der Waals surface area contributed by atoms with E-state index in [1.54, 1.807) is 6.33 Å². The fraction of sp³-hybridized carbons (Fsp3) is 0.111. The molecule has 0 spiro atoms. The molecule has 116 valence electrons. The van der Waals surface area contributed by atoms with E-state index in [2.05, 4.69) is 55.2 Å². The highest BCUT2D eigenvalue weighted by Gasteiger charge is 2.10. The molecule has 23 heavy (non-hydrogen) atoms. The van der Waals surface area contributed by atoms with E-state index in [9.17, 15) is 0 Å². The second kappa shape index (κ2) is 7.24. The molecule has 0 aliphatic carbocycles. The molecule has 1 heterocycles. The zero-order valence-electron chi connectivity index (χ0n) is 12.8. The normalized spacial score (nSPS) is 10.3. The van der Waals surface area contributed by atoms with Crippen LogP contribution in [0.1, 0.15) is 6.92 Å². The minimum atomic E-state index is 0.760. The van der Waals surface area contributed by atoms with E-state index in [0.717, 1.165) is 34.0 Å². The van der Waals surface area contributed by atoms with Crippen LogP contribution >= 0.6 is 15.9 Å². The first-order chi connectivity index (χ1) is 11.3. The van der Waals surface area contributed by atoms with Gasteiger partial charge in [0.05, 0.1) is 5.69 Å². The second-order valence-electron chi connectivity index (χ2n) is 4.95. The summed E-state index contributed by atoms with van der Waals surface area (Å²) in [5.74, 6) is 1.62. The summed E-state index contributed by atoms with van der Waals surface area (Å²) in [6.07, 6.45) is 1.58. The molecule has 4 nitrogen and oxygen atoms in total. The molecule has 0 amide bonds. The number of aromatic nitrogens is 2. The number of anilines is 4. The van der Waals surface area contributed by atoms with Gasteiger partial charge in [0, 0.05) is 22.8 Å². The van der Waals surface area contributed by atoms with Crippen molar-refractivity contribution in [1.29, 1.82) is 0 Å². The topological polar surface area (TPSA) is 41.0 Å². The molecule has 0 unspecified atom stereocenters. The van der Waals surface area contributed by atoms with E-state index in [1.165, 1.54) is 0 Å². The fourth-order valence-electron chi connectivity index (χ4n) is 2.35. The van der Waals surface area contributed by atoms with E-state index in [1.807, 2.05) is 48.5 Å². The molecule has 0 aliphatic rings. The Hall–Kier alpha value is -2.40. The van der Waals surface area contributed by atoms with Crippen LogP contribution in [0.25, 0.3) is 0 Å². The van der Waals surface area contributed by atoms with Crippen molar-refractivity contribution in [3.8, 4) is 0 Å². The molecular formula is C18H17BrN4. The van der Waals surface area contributed by atoms with Gasteiger partial charge in [-0.3, -0.25) is 0 Å². The number of nitrogens with zero attached hydrogens (tertiary/aromatic N) is 3. The van der Waals surface area contributed by atoms with Crippen LogP contribution in [0.15, 0.2) is 71.5 Å². The first-order valence-electron chi connectivity index (χ1n) is 7.44. The largest absolute Gasteiger partial charge is 0.339 e. The number of para-hydroxylation sites is 2. The summed E-state index contributed by atoms with van der Waals surface area (Å²) < 4.78 is 0.996. The Labute approximate surface area is 144 Å². The summed E-state index contributed by atoms with van der Waals surface area (Å²) in [6.45, 7) is 2.94. The predicted molar refractivity (Wildman–Crippen MR) is 98.6 cm³/mol. The highest BCUT2D eigenvalue weighted by Crippen LogP contribution is 2.27. The Morgan fingerprint density at radius 2 is 1.74 bits per heavy atom. The lowest BCUT2D eigenvalue weighted by Gasteiger charge is -2.22. The lowest BCUT2D eigenvalue weighted by molar-refractivity contribution is 0.977. The number of nitrogens with one attached hydrogen (secondary N) is 1. The predicted octanol–water partition coefficient (Wildman–Crippen LogP) is 5.14. The van der Waals surface area contributed by atoms with E-state index >= 15 is 0 Å². The van der Waals surface area contributed by atoms with E-state index in [4.69, 9.17) is 0 Å². The van der Waals surface area contributed by atoms with Crippen LogP contribution in [0.5, 0.6) is 0 Å². The van der Waals surface area contributed by atoms with Gasteiger partial charge in [-0.05, 0) is 47.1 Å². The molecule has 3 rings (SSSR count). The fourth-order valence-corrected chi connectivity index (χ4v) is 2.73. The van der Waals surface area contributed by atoms with Gasteiger partial charge in [-0.2, -0.15) is 0 Å². The van der Waals surface area contributed by atoms with Gasteiger partial charge >= 0.3 is 0 Å². The maximum atomic E-state index is 4.41. The maximum absolute atomic E-state index is 4.41. The Morgan fingerprint density at radius 3 is 2.48 bits per heavy atom. The van der Waals surface area contributed by atoms with Crippen LogP contribution in [0, 0.1) is 0 Å². The first-order valence-corrected chi connectivity index (χ1v) is 8.23. The molecule has 0 saturated carbocycles. The third-order valence-corrected chi connectivity index (χ3v) is 4.14. The van der Waals surface area contributed by atoms with Gasteiger partial charge in [0.25, 0.3) is 0 Å². The molecule has 5 heteroatoms. The Bertz CT molecular complexity index is 777. The molecule has 0 saturated heterocycles. The van der Waals surface area contributed by atoms with Crippen molar-refractivity contribution in [2.75, 3.05) is 16.8 Å². The molecule has 3 aromatic rings. The van der Waals surface area contributed by atoms with Crippen molar-refractivity contribution < 1.29 is 0 Å². The van der Waals surface area contributed by atoms with E-state index < -0.39 is 0 Å². The van der Waals surface area contributed by atoms with Crippen LogP contribution in [0.4, 0.5) is 23.0 Å². The molecule has 1 N–H and O–H groups in total. The van der Waals surface area contributed by atoms with Crippen molar-refractivity contribution in [1.82, 2.24) is 9.97 Å². The summed E-state index contributed by atoms with van der Waals surface area (Å²) in [5, 5.41) is 3.32. The van der Waals surface area contributed by atoms with Crippen LogP contribution in [0.2, 0.25) is 0 Å². The third-order valence-electron chi connectivity index (χ3n) is 3.45. The molecular weight excluding hydrogens is 352 g/mol. The van der Waals surface area contributed by atoms with Gasteiger partial charge in [0.1, 0.15) is 18.0 Å². The average Bonchev–Trinajstić information content (AvgIpc) is 2.59. The SMILES string of the molecule is CCN(c1ccccc1)c1cc(Nc2ccccc2Br)ncn1. The van der Waals surface area contributed by atoms with Gasteiger partial charge < -0.3 is 10.2 Å². The zero-order chi connectivity index (χ0) is 16.1. The molecule has 1 aromatic heterocycles. The Balaban J connectivity index is 1.89.